The molecule has 1 amide bonds. The summed E-state index contributed by atoms with van der Waals surface area (Å²) in [6.07, 6.45) is 6.18. The highest BCUT2D eigenvalue weighted by Crippen LogP contribution is 2.27. The van der Waals surface area contributed by atoms with Crippen LogP contribution in [0.5, 0.6) is 5.75 Å². The summed E-state index contributed by atoms with van der Waals surface area (Å²) in [7, 11) is 0.194. The fourth-order valence-corrected chi connectivity index (χ4v) is 6.07. The van der Waals surface area contributed by atoms with E-state index >= 15 is 0 Å². The number of nitrogens with one attached hydrogen (secondary N) is 1. The highest BCUT2D eigenvalue weighted by atomic mass is 32.3. The molecule has 7 nitrogen and oxygen atoms in total. The third-order valence-corrected chi connectivity index (χ3v) is 8.86. The fraction of sp³-hybridized carbons (Fsp3) is 0.321. The molecule has 0 fully saturated rings. The summed E-state index contributed by atoms with van der Waals surface area (Å²) >= 11 is 1.14. The average Bonchev–Trinajstić information content (AvgIpc) is 3.43. The number of thiophene rings is 1. The topological polar surface area (TPSA) is 79.0 Å². The maximum absolute atomic E-state index is 12.4. The van der Waals surface area contributed by atoms with Crippen molar-refractivity contribution in [3.63, 3.8) is 0 Å². The minimum absolute atomic E-state index is 0.0892. The summed E-state index contributed by atoms with van der Waals surface area (Å²) in [4.78, 5) is 16.5. The number of amides is 1. The smallest absolute Gasteiger partial charge is 0.348 e. The van der Waals surface area contributed by atoms with Gasteiger partial charge in [-0.2, -0.15) is 8.42 Å². The van der Waals surface area contributed by atoms with Crippen molar-refractivity contribution in [1.82, 2.24) is 10.2 Å². The Morgan fingerprint density at radius 2 is 1.92 bits per heavy atom. The van der Waals surface area contributed by atoms with Gasteiger partial charge in [-0.1, -0.05) is 24.3 Å². The van der Waals surface area contributed by atoms with Crippen molar-refractivity contribution in [2.45, 2.75) is 30.0 Å². The zero-order chi connectivity index (χ0) is 26.3. The molecule has 2 aromatic carbocycles. The van der Waals surface area contributed by atoms with E-state index in [4.69, 9.17) is 4.18 Å². The number of rotatable bonds is 11. The SMILES string of the molecule is CN(C)c1ccc(/C=C/C(=O)NCCCCN2CCc3ccc(OS(=O)(=O)c4cccs4)cc3C2)cc1. The largest absolute Gasteiger partial charge is 0.378 e. The van der Waals surface area contributed by atoms with Gasteiger partial charge in [-0.15, -0.1) is 11.3 Å². The van der Waals surface area contributed by atoms with Gasteiger partial charge in [-0.05, 0) is 84.3 Å². The van der Waals surface area contributed by atoms with Crippen molar-refractivity contribution in [3.8, 4) is 5.75 Å². The minimum atomic E-state index is -3.80. The zero-order valence-electron chi connectivity index (χ0n) is 21.2. The predicted octanol–water partition coefficient (Wildman–Crippen LogP) is 4.55. The van der Waals surface area contributed by atoms with E-state index in [1.807, 2.05) is 61.5 Å². The summed E-state index contributed by atoms with van der Waals surface area (Å²) in [6, 6.07) is 16.8. The summed E-state index contributed by atoms with van der Waals surface area (Å²) in [5.74, 6) is 0.257. The van der Waals surface area contributed by atoms with Gasteiger partial charge in [0.2, 0.25) is 5.91 Å². The first kappa shape index (κ1) is 26.9. The molecule has 0 saturated carbocycles. The van der Waals surface area contributed by atoms with E-state index in [2.05, 4.69) is 10.2 Å². The number of carbonyl (C=O) groups excluding carboxylic acids is 1. The van der Waals surface area contributed by atoms with Crippen LogP contribution >= 0.6 is 11.3 Å². The van der Waals surface area contributed by atoms with Crippen molar-refractivity contribution in [3.05, 3.63) is 82.7 Å². The Morgan fingerprint density at radius 3 is 2.65 bits per heavy atom. The Bertz CT molecular complexity index is 1320. The molecule has 0 saturated heterocycles. The van der Waals surface area contributed by atoms with Gasteiger partial charge in [0.05, 0.1) is 0 Å². The lowest BCUT2D eigenvalue weighted by Gasteiger charge is -2.29. The van der Waals surface area contributed by atoms with Gasteiger partial charge in [0.1, 0.15) is 5.75 Å². The van der Waals surface area contributed by atoms with Crippen LogP contribution < -0.4 is 14.4 Å². The van der Waals surface area contributed by atoms with Crippen LogP contribution in [0.1, 0.15) is 29.5 Å². The molecule has 0 atom stereocenters. The minimum Gasteiger partial charge on any atom is -0.378 e. The van der Waals surface area contributed by atoms with E-state index in [9.17, 15) is 13.2 Å². The molecule has 1 N–H and O–H groups in total. The molecule has 0 unspecified atom stereocenters. The van der Waals surface area contributed by atoms with Crippen LogP contribution in [0.25, 0.3) is 6.08 Å². The Balaban J connectivity index is 1.18. The number of anilines is 1. The molecule has 0 bridgehead atoms. The van der Waals surface area contributed by atoms with Crippen LogP contribution in [0.15, 0.2) is 70.3 Å². The van der Waals surface area contributed by atoms with E-state index in [1.54, 1.807) is 29.7 Å². The number of carbonyl (C=O) groups is 1. The van der Waals surface area contributed by atoms with Crippen LogP contribution in [-0.2, 0) is 27.9 Å². The first-order chi connectivity index (χ1) is 17.8. The summed E-state index contributed by atoms with van der Waals surface area (Å²) in [5, 5.41) is 4.67. The second kappa shape index (κ2) is 12.4. The molecule has 0 radical (unpaired) electrons. The van der Waals surface area contributed by atoms with Crippen LogP contribution in [0.2, 0.25) is 0 Å². The molecule has 1 aliphatic heterocycles. The van der Waals surface area contributed by atoms with E-state index in [1.165, 1.54) is 5.56 Å². The molecular formula is C28H33N3O4S2. The Kier molecular flexibility index (Phi) is 9.02. The predicted molar refractivity (Wildman–Crippen MR) is 150 cm³/mol. The van der Waals surface area contributed by atoms with Crippen molar-refractivity contribution in [2.75, 3.05) is 38.6 Å². The molecule has 1 aromatic heterocycles. The Hall–Kier alpha value is -3.14. The van der Waals surface area contributed by atoms with E-state index < -0.39 is 10.1 Å². The quantitative estimate of drug-likeness (QED) is 0.219. The molecule has 0 spiro atoms. The van der Waals surface area contributed by atoms with Gasteiger partial charge in [0, 0.05) is 45.5 Å². The molecular weight excluding hydrogens is 506 g/mol. The number of hydrogen-bond donors (Lipinski definition) is 1. The van der Waals surface area contributed by atoms with Crippen molar-refractivity contribution < 1.29 is 17.4 Å². The summed E-state index contributed by atoms with van der Waals surface area (Å²) in [5.41, 5.74) is 4.44. The highest BCUT2D eigenvalue weighted by Gasteiger charge is 2.20. The molecule has 4 rings (SSSR count). The fourth-order valence-electron chi connectivity index (χ4n) is 4.19. The van der Waals surface area contributed by atoms with Crippen LogP contribution in [0.4, 0.5) is 5.69 Å². The van der Waals surface area contributed by atoms with Crippen molar-refractivity contribution in [2.24, 2.45) is 0 Å². The Morgan fingerprint density at radius 1 is 1.11 bits per heavy atom. The van der Waals surface area contributed by atoms with Crippen LogP contribution in [-0.4, -0.2) is 53.0 Å². The van der Waals surface area contributed by atoms with Crippen LogP contribution in [0.3, 0.4) is 0 Å². The number of hydrogen-bond acceptors (Lipinski definition) is 7. The third kappa shape index (κ3) is 7.67. The second-order valence-corrected chi connectivity index (χ2v) is 12.0. The van der Waals surface area contributed by atoms with E-state index in [-0.39, 0.29) is 10.1 Å². The maximum atomic E-state index is 12.4. The summed E-state index contributed by atoms with van der Waals surface area (Å²) in [6.45, 7) is 3.27. The molecule has 37 heavy (non-hydrogen) atoms. The normalized spacial score (nSPS) is 13.9. The lowest BCUT2D eigenvalue weighted by molar-refractivity contribution is -0.116. The highest BCUT2D eigenvalue weighted by molar-refractivity contribution is 7.89. The first-order valence-electron chi connectivity index (χ1n) is 12.4. The van der Waals surface area contributed by atoms with Crippen molar-refractivity contribution in [1.29, 1.82) is 0 Å². The lowest BCUT2D eigenvalue weighted by atomic mass is 9.99. The maximum Gasteiger partial charge on any atom is 0.348 e. The van der Waals surface area contributed by atoms with Gasteiger partial charge in [0.25, 0.3) is 0 Å². The Labute approximate surface area is 223 Å². The van der Waals surface area contributed by atoms with Gasteiger partial charge in [-0.3, -0.25) is 9.69 Å². The molecule has 2 heterocycles. The number of fused-ring (bicyclic) bond motifs is 1. The number of unbranched alkanes of at least 4 members (excludes halogenated alkanes) is 1. The van der Waals surface area contributed by atoms with Gasteiger partial charge < -0.3 is 14.4 Å². The summed E-state index contributed by atoms with van der Waals surface area (Å²) < 4.78 is 30.4. The third-order valence-electron chi connectivity index (χ3n) is 6.25. The second-order valence-electron chi connectivity index (χ2n) is 9.24. The number of nitrogens with zero attached hydrogens (tertiary/aromatic N) is 2. The average molecular weight is 540 g/mol. The van der Waals surface area contributed by atoms with Gasteiger partial charge in [0.15, 0.2) is 4.21 Å². The van der Waals surface area contributed by atoms with Crippen LogP contribution in [0, 0.1) is 0 Å². The monoisotopic (exact) mass is 539 g/mol. The zero-order valence-corrected chi connectivity index (χ0v) is 22.9. The molecule has 9 heteroatoms. The molecule has 0 aliphatic carbocycles. The standard InChI is InChI=1S/C28H33N3O4S2/c1-30(2)25-11-7-22(8-12-25)9-14-27(32)29-16-3-4-17-31-18-15-23-10-13-26(20-24(23)21-31)35-37(33,34)28-6-5-19-36-28/h5-14,19-20H,3-4,15-18,21H2,1-2H3,(H,29,32)/b14-9+. The van der Waals surface area contributed by atoms with Gasteiger partial charge >= 0.3 is 10.1 Å². The van der Waals surface area contributed by atoms with Gasteiger partial charge in [-0.25, -0.2) is 0 Å². The number of benzene rings is 2. The molecule has 1 aliphatic rings. The molecule has 196 valence electrons. The van der Waals surface area contributed by atoms with E-state index in [0.29, 0.717) is 12.3 Å². The van der Waals surface area contributed by atoms with E-state index in [0.717, 1.165) is 67.0 Å². The molecule has 3 aromatic rings. The van der Waals surface area contributed by atoms with Crippen molar-refractivity contribution >= 4 is 39.1 Å². The lowest BCUT2D eigenvalue weighted by Crippen LogP contribution is -2.32. The first-order valence-corrected chi connectivity index (χ1v) is 14.6.